The van der Waals surface area contributed by atoms with Crippen molar-refractivity contribution in [2.45, 2.75) is 97.9 Å². The number of piperidine rings is 1. The SMILES string of the molecule is CC(C)C(C)(C)C(=O)C(=O)N1CCCC[C@H]1C(=O)OCCCC1CCCCC1. The van der Waals surface area contributed by atoms with Crippen LogP contribution in [0.15, 0.2) is 0 Å². The molecule has 5 heteroatoms. The molecule has 0 aromatic carbocycles. The zero-order valence-electron chi connectivity index (χ0n) is 18.3. The average Bonchev–Trinajstić information content (AvgIpc) is 2.70. The fourth-order valence-corrected chi connectivity index (χ4v) is 4.20. The van der Waals surface area contributed by atoms with Crippen LogP contribution < -0.4 is 0 Å². The van der Waals surface area contributed by atoms with Crippen LogP contribution in [0.1, 0.15) is 91.9 Å². The summed E-state index contributed by atoms with van der Waals surface area (Å²) in [4.78, 5) is 39.7. The maximum Gasteiger partial charge on any atom is 0.328 e. The highest BCUT2D eigenvalue weighted by molar-refractivity contribution is 6.38. The lowest BCUT2D eigenvalue weighted by molar-refractivity contribution is -0.161. The third-order valence-electron chi connectivity index (χ3n) is 6.98. The van der Waals surface area contributed by atoms with Crippen molar-refractivity contribution < 1.29 is 19.1 Å². The van der Waals surface area contributed by atoms with Crippen LogP contribution >= 0.6 is 0 Å². The molecular formula is C23H39NO4. The molecule has 1 amide bonds. The van der Waals surface area contributed by atoms with Gasteiger partial charge in [-0.1, -0.05) is 59.8 Å². The molecule has 1 saturated carbocycles. The number of amides is 1. The molecule has 28 heavy (non-hydrogen) atoms. The standard InChI is InChI=1S/C23H39NO4/c1-17(2)23(3,4)20(25)21(26)24-15-9-8-14-19(24)22(27)28-16-10-13-18-11-6-5-7-12-18/h17-19H,5-16H2,1-4H3/t19-/m0/s1. The van der Waals surface area contributed by atoms with Crippen LogP contribution in [0.5, 0.6) is 0 Å². The Balaban J connectivity index is 1.87. The van der Waals surface area contributed by atoms with Gasteiger partial charge in [0.05, 0.1) is 6.61 Å². The molecule has 5 nitrogen and oxygen atoms in total. The van der Waals surface area contributed by atoms with E-state index < -0.39 is 23.1 Å². The maximum atomic E-state index is 12.9. The first kappa shape index (κ1) is 22.9. The Hall–Kier alpha value is -1.39. The van der Waals surface area contributed by atoms with Crippen molar-refractivity contribution in [3.8, 4) is 0 Å². The van der Waals surface area contributed by atoms with Gasteiger partial charge in [0.2, 0.25) is 5.78 Å². The van der Waals surface area contributed by atoms with Crippen molar-refractivity contribution in [1.82, 2.24) is 4.90 Å². The molecule has 0 spiro atoms. The number of hydrogen-bond acceptors (Lipinski definition) is 4. The Bertz CT molecular complexity index is 549. The van der Waals surface area contributed by atoms with E-state index in [-0.39, 0.29) is 11.9 Å². The molecule has 0 aromatic heterocycles. The van der Waals surface area contributed by atoms with Gasteiger partial charge in [-0.3, -0.25) is 9.59 Å². The minimum absolute atomic E-state index is 0.0546. The fourth-order valence-electron chi connectivity index (χ4n) is 4.20. The van der Waals surface area contributed by atoms with E-state index in [0.717, 1.165) is 31.6 Å². The van der Waals surface area contributed by atoms with Gasteiger partial charge >= 0.3 is 5.97 Å². The molecule has 0 aromatic rings. The third-order valence-corrected chi connectivity index (χ3v) is 6.98. The summed E-state index contributed by atoms with van der Waals surface area (Å²) in [6.45, 7) is 8.37. The van der Waals surface area contributed by atoms with E-state index in [0.29, 0.717) is 19.6 Å². The van der Waals surface area contributed by atoms with E-state index in [1.807, 2.05) is 13.8 Å². The number of rotatable bonds is 8. The van der Waals surface area contributed by atoms with Crippen molar-refractivity contribution in [3.05, 3.63) is 0 Å². The summed E-state index contributed by atoms with van der Waals surface area (Å²) < 4.78 is 5.52. The second kappa shape index (κ2) is 10.4. The molecule has 2 fully saturated rings. The van der Waals surface area contributed by atoms with Crippen molar-refractivity contribution >= 4 is 17.7 Å². The quantitative estimate of drug-likeness (QED) is 0.345. The summed E-state index contributed by atoms with van der Waals surface area (Å²) in [5.74, 6) is -0.441. The van der Waals surface area contributed by atoms with E-state index >= 15 is 0 Å². The average molecular weight is 394 g/mol. The molecule has 0 unspecified atom stereocenters. The van der Waals surface area contributed by atoms with Crippen molar-refractivity contribution in [2.24, 2.45) is 17.3 Å². The molecule has 1 atom stereocenters. The van der Waals surface area contributed by atoms with Crippen LogP contribution in [0.3, 0.4) is 0 Å². The summed E-state index contributed by atoms with van der Waals surface area (Å²) >= 11 is 0. The number of Topliss-reactive ketones (excluding diaryl/α,β-unsaturated/α-hetero) is 1. The largest absolute Gasteiger partial charge is 0.464 e. The summed E-state index contributed by atoms with van der Waals surface area (Å²) in [5.41, 5.74) is -0.733. The van der Waals surface area contributed by atoms with E-state index in [2.05, 4.69) is 0 Å². The van der Waals surface area contributed by atoms with Crippen LogP contribution in [0.25, 0.3) is 0 Å². The maximum absolute atomic E-state index is 12.9. The van der Waals surface area contributed by atoms with Crippen LogP contribution in [0.2, 0.25) is 0 Å². The van der Waals surface area contributed by atoms with Crippen LogP contribution in [0.4, 0.5) is 0 Å². The number of esters is 1. The fraction of sp³-hybridized carbons (Fsp3) is 0.870. The molecular weight excluding hydrogens is 354 g/mol. The second-order valence-electron chi connectivity index (χ2n) is 9.53. The number of ketones is 1. The van der Waals surface area contributed by atoms with Crippen LogP contribution in [-0.2, 0) is 19.1 Å². The smallest absolute Gasteiger partial charge is 0.328 e. The van der Waals surface area contributed by atoms with E-state index in [4.69, 9.17) is 4.74 Å². The van der Waals surface area contributed by atoms with Crippen LogP contribution in [0, 0.1) is 17.3 Å². The lowest BCUT2D eigenvalue weighted by atomic mass is 9.76. The lowest BCUT2D eigenvalue weighted by Gasteiger charge is -2.36. The van der Waals surface area contributed by atoms with Gasteiger partial charge in [-0.15, -0.1) is 0 Å². The number of carbonyl (C=O) groups excluding carboxylic acids is 3. The summed E-state index contributed by atoms with van der Waals surface area (Å²) in [6, 6.07) is -0.608. The predicted octanol–water partition coefficient (Wildman–Crippen LogP) is 4.52. The Kier molecular flexibility index (Phi) is 8.51. The van der Waals surface area contributed by atoms with Gasteiger partial charge in [-0.25, -0.2) is 4.79 Å². The Labute approximate surface area is 170 Å². The topological polar surface area (TPSA) is 63.7 Å². The molecule has 1 aliphatic carbocycles. The number of nitrogens with zero attached hydrogens (tertiary/aromatic N) is 1. The zero-order valence-corrected chi connectivity index (χ0v) is 18.3. The molecule has 2 rings (SSSR count). The highest BCUT2D eigenvalue weighted by Gasteiger charge is 2.42. The summed E-state index contributed by atoms with van der Waals surface area (Å²) in [7, 11) is 0. The number of hydrogen-bond donors (Lipinski definition) is 0. The van der Waals surface area contributed by atoms with Gasteiger partial charge in [0, 0.05) is 12.0 Å². The van der Waals surface area contributed by atoms with Crippen molar-refractivity contribution in [2.75, 3.05) is 13.2 Å². The molecule has 1 heterocycles. The molecule has 0 bridgehead atoms. The number of likely N-dealkylation sites (tertiary alicyclic amines) is 1. The van der Waals surface area contributed by atoms with Gasteiger partial charge in [-0.05, 0) is 43.9 Å². The van der Waals surface area contributed by atoms with Crippen LogP contribution in [-0.4, -0.2) is 41.8 Å². The first-order valence-corrected chi connectivity index (χ1v) is 11.3. The summed E-state index contributed by atoms with van der Waals surface area (Å²) in [5, 5.41) is 0. The molecule has 0 radical (unpaired) electrons. The monoisotopic (exact) mass is 393 g/mol. The highest BCUT2D eigenvalue weighted by Crippen LogP contribution is 2.30. The third kappa shape index (κ3) is 5.81. The molecule has 160 valence electrons. The minimum Gasteiger partial charge on any atom is -0.464 e. The second-order valence-corrected chi connectivity index (χ2v) is 9.53. The van der Waals surface area contributed by atoms with Gasteiger partial charge in [0.15, 0.2) is 0 Å². The lowest BCUT2D eigenvalue weighted by Crippen LogP contribution is -2.53. The first-order valence-electron chi connectivity index (χ1n) is 11.3. The molecule has 2 aliphatic rings. The summed E-state index contributed by atoms with van der Waals surface area (Å²) in [6.07, 6.45) is 10.9. The number of ether oxygens (including phenoxy) is 1. The Morgan fingerprint density at radius 1 is 1.00 bits per heavy atom. The van der Waals surface area contributed by atoms with Gasteiger partial charge in [-0.2, -0.15) is 0 Å². The first-order chi connectivity index (χ1) is 13.2. The Morgan fingerprint density at radius 3 is 2.29 bits per heavy atom. The molecule has 1 aliphatic heterocycles. The van der Waals surface area contributed by atoms with E-state index in [1.54, 1.807) is 13.8 Å². The predicted molar refractivity (Wildman–Crippen MR) is 110 cm³/mol. The van der Waals surface area contributed by atoms with E-state index in [1.165, 1.54) is 37.0 Å². The number of carbonyl (C=O) groups is 3. The minimum atomic E-state index is -0.733. The van der Waals surface area contributed by atoms with Crippen molar-refractivity contribution in [3.63, 3.8) is 0 Å². The zero-order chi connectivity index (χ0) is 20.7. The van der Waals surface area contributed by atoms with E-state index in [9.17, 15) is 14.4 Å². The van der Waals surface area contributed by atoms with Gasteiger partial charge in [0.1, 0.15) is 6.04 Å². The molecule has 1 saturated heterocycles. The highest BCUT2D eigenvalue weighted by atomic mass is 16.5. The van der Waals surface area contributed by atoms with Gasteiger partial charge in [0.25, 0.3) is 5.91 Å². The normalized spacial score (nSPS) is 21.6. The van der Waals surface area contributed by atoms with Crippen molar-refractivity contribution in [1.29, 1.82) is 0 Å². The molecule has 0 N–H and O–H groups in total. The Morgan fingerprint density at radius 2 is 1.64 bits per heavy atom. The van der Waals surface area contributed by atoms with Gasteiger partial charge < -0.3 is 9.64 Å².